The van der Waals surface area contributed by atoms with Crippen LogP contribution < -0.4 is 9.08 Å². The molecule has 210 valence electrons. The van der Waals surface area contributed by atoms with Crippen molar-refractivity contribution < 1.29 is 38.9 Å². The molecular formula is C29H23F6NO3S. The van der Waals surface area contributed by atoms with Crippen molar-refractivity contribution in [3.8, 4) is 5.75 Å². The van der Waals surface area contributed by atoms with Gasteiger partial charge >= 0.3 is 22.5 Å². The van der Waals surface area contributed by atoms with Crippen LogP contribution >= 0.6 is 0 Å². The van der Waals surface area contributed by atoms with Gasteiger partial charge in [-0.3, -0.25) is 0 Å². The minimum absolute atomic E-state index is 0.0117. The highest BCUT2D eigenvalue weighted by Gasteiger charge is 2.31. The molecule has 0 amide bonds. The van der Waals surface area contributed by atoms with Gasteiger partial charge in [0.2, 0.25) is 0 Å². The quantitative estimate of drug-likeness (QED) is 0.157. The molecule has 4 aromatic carbocycles. The van der Waals surface area contributed by atoms with Crippen LogP contribution in [-0.2, 0) is 35.6 Å². The van der Waals surface area contributed by atoms with E-state index < -0.39 is 33.6 Å². The van der Waals surface area contributed by atoms with Crippen molar-refractivity contribution in [2.45, 2.75) is 37.3 Å². The fourth-order valence-corrected chi connectivity index (χ4v) is 4.89. The molecule has 0 aliphatic carbocycles. The summed E-state index contributed by atoms with van der Waals surface area (Å²) in [6.07, 6.45) is -9.13. The third-order valence-corrected chi connectivity index (χ3v) is 7.23. The summed E-state index contributed by atoms with van der Waals surface area (Å²) in [4.78, 5) is 1.54. The molecule has 0 atom stereocenters. The highest BCUT2D eigenvalue weighted by atomic mass is 32.2. The van der Waals surface area contributed by atoms with E-state index in [1.165, 1.54) is 60.7 Å². The number of nitrogens with zero attached hydrogens (tertiary/aromatic N) is 1. The molecule has 4 rings (SSSR count). The van der Waals surface area contributed by atoms with Gasteiger partial charge in [-0.1, -0.05) is 42.0 Å². The smallest absolute Gasteiger partial charge is 0.379 e. The predicted molar refractivity (Wildman–Crippen MR) is 138 cm³/mol. The van der Waals surface area contributed by atoms with Crippen LogP contribution in [-0.4, -0.2) is 8.42 Å². The number of rotatable bonds is 8. The molecule has 0 saturated heterocycles. The van der Waals surface area contributed by atoms with Crippen molar-refractivity contribution in [1.82, 2.24) is 0 Å². The minimum atomic E-state index is -4.57. The average molecular weight is 580 g/mol. The molecule has 0 bridgehead atoms. The SMILES string of the molecule is Cc1ccc(S(=O)(=O)Oc2ccc(N(Cc3cccc(C(F)(F)F)c3)Cc3cccc(C(F)(F)F)c3)cc2)cc1. The summed E-state index contributed by atoms with van der Waals surface area (Å²) in [7, 11) is -4.12. The molecule has 0 heterocycles. The van der Waals surface area contributed by atoms with Gasteiger partial charge in [-0.15, -0.1) is 0 Å². The summed E-state index contributed by atoms with van der Waals surface area (Å²) in [5.41, 5.74) is 0.149. The monoisotopic (exact) mass is 579 g/mol. The molecule has 0 aliphatic heterocycles. The van der Waals surface area contributed by atoms with E-state index in [9.17, 15) is 34.8 Å². The van der Waals surface area contributed by atoms with Gasteiger partial charge in [-0.05, 0) is 78.7 Å². The highest BCUT2D eigenvalue weighted by Crippen LogP contribution is 2.32. The van der Waals surface area contributed by atoms with Crippen molar-refractivity contribution in [3.05, 3.63) is 125 Å². The van der Waals surface area contributed by atoms with Gasteiger partial charge in [-0.25, -0.2) is 0 Å². The Bertz CT molecular complexity index is 1510. The Kier molecular flexibility index (Phi) is 8.15. The third kappa shape index (κ3) is 7.35. The Morgan fingerprint density at radius 2 is 1.15 bits per heavy atom. The number of hydrogen-bond acceptors (Lipinski definition) is 4. The second-order valence-corrected chi connectivity index (χ2v) is 10.6. The van der Waals surface area contributed by atoms with Gasteiger partial charge in [0.05, 0.1) is 11.1 Å². The molecule has 0 spiro atoms. The van der Waals surface area contributed by atoms with Crippen LogP contribution in [0, 0.1) is 6.92 Å². The van der Waals surface area contributed by atoms with Crippen LogP contribution in [0.2, 0.25) is 0 Å². The minimum Gasteiger partial charge on any atom is -0.379 e. The van der Waals surface area contributed by atoms with Gasteiger partial charge in [0.15, 0.2) is 0 Å². The zero-order valence-electron chi connectivity index (χ0n) is 21.0. The number of anilines is 1. The second-order valence-electron chi connectivity index (χ2n) is 9.10. The number of halogens is 6. The van der Waals surface area contributed by atoms with Crippen LogP contribution in [0.3, 0.4) is 0 Å². The van der Waals surface area contributed by atoms with Gasteiger partial charge in [0.1, 0.15) is 10.6 Å². The second kappa shape index (κ2) is 11.2. The van der Waals surface area contributed by atoms with Crippen LogP contribution in [0.15, 0.2) is 102 Å². The Hall–Kier alpha value is -3.99. The first kappa shape index (κ1) is 29.0. The molecule has 4 nitrogen and oxygen atoms in total. The molecule has 0 aliphatic rings. The molecule has 0 radical (unpaired) electrons. The lowest BCUT2D eigenvalue weighted by atomic mass is 10.1. The molecule has 0 saturated carbocycles. The van der Waals surface area contributed by atoms with E-state index >= 15 is 0 Å². The summed E-state index contributed by atoms with van der Waals surface area (Å²) < 4.78 is 110. The molecule has 0 N–H and O–H groups in total. The van der Waals surface area contributed by atoms with Crippen LogP contribution in [0.5, 0.6) is 5.75 Å². The molecule has 40 heavy (non-hydrogen) atoms. The summed E-state index contributed by atoms with van der Waals surface area (Å²) in [5, 5.41) is 0. The average Bonchev–Trinajstić information content (AvgIpc) is 2.88. The lowest BCUT2D eigenvalue weighted by molar-refractivity contribution is -0.138. The van der Waals surface area contributed by atoms with E-state index in [0.29, 0.717) is 5.69 Å². The molecule has 4 aromatic rings. The maximum absolute atomic E-state index is 13.3. The summed E-state index contributed by atoms with van der Waals surface area (Å²) in [6, 6.07) is 21.1. The van der Waals surface area contributed by atoms with E-state index in [2.05, 4.69) is 0 Å². The first-order valence-electron chi connectivity index (χ1n) is 11.9. The Balaban J connectivity index is 1.63. The lowest BCUT2D eigenvalue weighted by Gasteiger charge is -2.26. The summed E-state index contributed by atoms with van der Waals surface area (Å²) in [5.74, 6) is -0.0117. The molecular weight excluding hydrogens is 556 g/mol. The van der Waals surface area contributed by atoms with Crippen molar-refractivity contribution in [2.75, 3.05) is 4.90 Å². The van der Waals surface area contributed by atoms with Crippen LogP contribution in [0.4, 0.5) is 32.0 Å². The van der Waals surface area contributed by atoms with E-state index in [4.69, 9.17) is 4.18 Å². The Labute approximate surface area is 227 Å². The first-order valence-corrected chi connectivity index (χ1v) is 13.3. The molecule has 11 heteroatoms. The van der Waals surface area contributed by atoms with E-state index in [0.717, 1.165) is 29.8 Å². The number of benzene rings is 4. The van der Waals surface area contributed by atoms with E-state index in [-0.39, 0.29) is 34.9 Å². The fourth-order valence-electron chi connectivity index (χ4n) is 3.96. The number of alkyl halides is 6. The molecule has 0 fully saturated rings. The van der Waals surface area contributed by atoms with Crippen LogP contribution in [0.25, 0.3) is 0 Å². The van der Waals surface area contributed by atoms with E-state index in [1.807, 2.05) is 0 Å². The summed E-state index contributed by atoms with van der Waals surface area (Å²) >= 11 is 0. The fraction of sp³-hybridized carbons (Fsp3) is 0.172. The number of aryl methyl sites for hydroxylation is 1. The summed E-state index contributed by atoms with van der Waals surface area (Å²) in [6.45, 7) is 1.67. The van der Waals surface area contributed by atoms with Crippen molar-refractivity contribution >= 4 is 15.8 Å². The first-order chi connectivity index (χ1) is 18.7. The number of hydrogen-bond donors (Lipinski definition) is 0. The maximum Gasteiger partial charge on any atom is 0.416 e. The maximum atomic E-state index is 13.3. The normalized spacial score (nSPS) is 12.3. The zero-order chi connectivity index (χ0) is 29.1. The molecule has 0 aromatic heterocycles. The van der Waals surface area contributed by atoms with Gasteiger partial charge in [0.25, 0.3) is 0 Å². The van der Waals surface area contributed by atoms with E-state index in [1.54, 1.807) is 24.0 Å². The molecule has 0 unspecified atom stereocenters. The highest BCUT2D eigenvalue weighted by molar-refractivity contribution is 7.87. The van der Waals surface area contributed by atoms with Crippen molar-refractivity contribution in [1.29, 1.82) is 0 Å². The largest absolute Gasteiger partial charge is 0.416 e. The standard InChI is InChI=1S/C29H23F6NO3S/c1-20-8-14-27(15-9-20)40(37,38)39-26-12-10-25(11-13-26)36(18-21-4-2-6-23(16-21)28(30,31)32)19-22-5-3-7-24(17-22)29(33,34)35/h2-17H,18-19H2,1H3. The lowest BCUT2D eigenvalue weighted by Crippen LogP contribution is -2.23. The van der Waals surface area contributed by atoms with Crippen molar-refractivity contribution in [3.63, 3.8) is 0 Å². The third-order valence-electron chi connectivity index (χ3n) is 5.97. The Morgan fingerprint density at radius 1 is 0.675 bits per heavy atom. The zero-order valence-corrected chi connectivity index (χ0v) is 21.8. The van der Waals surface area contributed by atoms with Gasteiger partial charge in [0, 0.05) is 18.8 Å². The predicted octanol–water partition coefficient (Wildman–Crippen LogP) is 8.01. The van der Waals surface area contributed by atoms with Crippen molar-refractivity contribution in [2.24, 2.45) is 0 Å². The van der Waals surface area contributed by atoms with Gasteiger partial charge < -0.3 is 9.08 Å². The topological polar surface area (TPSA) is 46.6 Å². The van der Waals surface area contributed by atoms with Gasteiger partial charge in [-0.2, -0.15) is 34.8 Å². The van der Waals surface area contributed by atoms with Crippen LogP contribution in [0.1, 0.15) is 27.8 Å². The Morgan fingerprint density at radius 3 is 1.60 bits per heavy atom.